The Balaban J connectivity index is 1.27. The van der Waals surface area contributed by atoms with Gasteiger partial charge in [0, 0.05) is 18.7 Å². The minimum absolute atomic E-state index is 0.0676. The second-order valence-electron chi connectivity index (χ2n) is 15.5. The van der Waals surface area contributed by atoms with E-state index < -0.39 is 5.66 Å². The molecule has 10 nitrogen and oxygen atoms in total. The quantitative estimate of drug-likeness (QED) is 0.267. The molecule has 1 saturated carbocycles. The molecule has 2 fully saturated rings. The van der Waals surface area contributed by atoms with Crippen molar-refractivity contribution in [3.05, 3.63) is 77.1 Å². The van der Waals surface area contributed by atoms with E-state index in [4.69, 9.17) is 4.99 Å². The molecule has 1 saturated heterocycles. The standard InChI is InChI=1S/C38H52N8O2/c1-26(2)11-16-32(29-12-14-30(15-13-29)35(47)39-25-33-41-43-44-42-33)46-36(48)34(40-38(46)21-17-31(18-22-38)37(3,4)5)45-23-19-28(20-24-45)27-9-7-6-8-10-27/h6-10,12-15,26,28,31-32H,11,16-25H2,1-5H3,(H,39,47)(H,41,42,43,44)/t31?,32-,38?/m1/s1. The Kier molecular flexibility index (Phi) is 9.99. The van der Waals surface area contributed by atoms with Crippen molar-refractivity contribution in [2.45, 2.75) is 110 Å². The number of amides is 2. The molecular formula is C38H52N8O2. The van der Waals surface area contributed by atoms with Gasteiger partial charge in [0.1, 0.15) is 5.66 Å². The van der Waals surface area contributed by atoms with Gasteiger partial charge in [-0.15, -0.1) is 10.2 Å². The van der Waals surface area contributed by atoms with Gasteiger partial charge in [-0.2, -0.15) is 5.21 Å². The van der Waals surface area contributed by atoms with Crippen molar-refractivity contribution in [2.75, 3.05) is 13.1 Å². The van der Waals surface area contributed by atoms with Crippen molar-refractivity contribution in [3.63, 3.8) is 0 Å². The monoisotopic (exact) mass is 652 g/mol. The molecule has 0 unspecified atom stereocenters. The minimum atomic E-state index is -0.549. The zero-order valence-electron chi connectivity index (χ0n) is 29.3. The third kappa shape index (κ3) is 7.32. The van der Waals surface area contributed by atoms with E-state index in [1.54, 1.807) is 0 Å². The number of likely N-dealkylation sites (tertiary alicyclic amines) is 1. The van der Waals surface area contributed by atoms with Gasteiger partial charge in [0.25, 0.3) is 11.8 Å². The Hall–Kier alpha value is -4.08. The summed E-state index contributed by atoms with van der Waals surface area (Å²) in [6, 6.07) is 18.4. The van der Waals surface area contributed by atoms with Crippen LogP contribution in [0.1, 0.15) is 125 Å². The maximum absolute atomic E-state index is 14.8. The largest absolute Gasteiger partial charge is 0.352 e. The van der Waals surface area contributed by atoms with Crippen LogP contribution in [0.3, 0.4) is 0 Å². The van der Waals surface area contributed by atoms with Crippen LogP contribution in [0, 0.1) is 17.3 Å². The molecule has 2 aliphatic heterocycles. The normalized spacial score (nSPS) is 22.8. The molecule has 6 rings (SSSR count). The highest BCUT2D eigenvalue weighted by atomic mass is 16.2. The fourth-order valence-corrected chi connectivity index (χ4v) is 7.99. The van der Waals surface area contributed by atoms with Crippen molar-refractivity contribution >= 4 is 17.6 Å². The zero-order chi connectivity index (χ0) is 33.9. The molecule has 0 radical (unpaired) electrons. The number of carbonyl (C=O) groups excluding carboxylic acids is 2. The third-order valence-electron chi connectivity index (χ3n) is 10.9. The summed E-state index contributed by atoms with van der Waals surface area (Å²) >= 11 is 0. The summed E-state index contributed by atoms with van der Waals surface area (Å²) in [5, 5.41) is 16.6. The van der Waals surface area contributed by atoms with Crippen molar-refractivity contribution in [2.24, 2.45) is 22.2 Å². The molecule has 1 aliphatic carbocycles. The highest BCUT2D eigenvalue weighted by Gasteiger charge is 2.53. The molecule has 3 heterocycles. The van der Waals surface area contributed by atoms with Gasteiger partial charge in [0.05, 0.1) is 12.6 Å². The van der Waals surface area contributed by atoms with Crippen LogP contribution in [-0.4, -0.2) is 66.8 Å². The number of hydrogen-bond donors (Lipinski definition) is 2. The number of aromatic amines is 1. The molecule has 48 heavy (non-hydrogen) atoms. The van der Waals surface area contributed by atoms with E-state index >= 15 is 0 Å². The summed E-state index contributed by atoms with van der Waals surface area (Å²) in [7, 11) is 0. The summed E-state index contributed by atoms with van der Waals surface area (Å²) < 4.78 is 0. The number of carbonyl (C=O) groups is 2. The molecule has 256 valence electrons. The molecular weight excluding hydrogens is 600 g/mol. The first kappa shape index (κ1) is 33.8. The number of amidine groups is 1. The van der Waals surface area contributed by atoms with Gasteiger partial charge in [-0.05, 0) is 97.8 Å². The molecule has 0 bridgehead atoms. The van der Waals surface area contributed by atoms with Crippen LogP contribution in [0.15, 0.2) is 59.6 Å². The molecule has 1 spiro atoms. The van der Waals surface area contributed by atoms with Crippen molar-refractivity contribution in [3.8, 4) is 0 Å². The topological polar surface area (TPSA) is 119 Å². The van der Waals surface area contributed by atoms with Crippen LogP contribution >= 0.6 is 0 Å². The van der Waals surface area contributed by atoms with E-state index in [2.05, 4.69) is 101 Å². The first-order chi connectivity index (χ1) is 23.0. The van der Waals surface area contributed by atoms with Crippen molar-refractivity contribution in [1.29, 1.82) is 0 Å². The predicted molar refractivity (Wildman–Crippen MR) is 187 cm³/mol. The number of nitrogens with zero attached hydrogens (tertiary/aromatic N) is 6. The van der Waals surface area contributed by atoms with Crippen LogP contribution in [0.25, 0.3) is 0 Å². The molecule has 2 amide bonds. The number of piperidine rings is 1. The van der Waals surface area contributed by atoms with Crippen LogP contribution in [-0.2, 0) is 11.3 Å². The number of H-pyrrole nitrogens is 1. The SMILES string of the molecule is CC(C)CC[C@H](c1ccc(C(=O)NCc2nn[nH]n2)cc1)N1C(=O)C(N2CCC(c3ccccc3)CC2)=NC12CCC(C(C)(C)C)CC2. The number of hydrogen-bond acceptors (Lipinski definition) is 7. The number of benzene rings is 2. The maximum atomic E-state index is 14.8. The molecule has 2 aromatic carbocycles. The average molecular weight is 653 g/mol. The van der Waals surface area contributed by atoms with Gasteiger partial charge in [0.15, 0.2) is 11.7 Å². The Bertz CT molecular complexity index is 1550. The van der Waals surface area contributed by atoms with Gasteiger partial charge < -0.3 is 15.1 Å². The number of tetrazole rings is 1. The molecule has 3 aromatic rings. The van der Waals surface area contributed by atoms with Crippen LogP contribution < -0.4 is 5.32 Å². The van der Waals surface area contributed by atoms with E-state index in [0.717, 1.165) is 70.0 Å². The first-order valence-corrected chi connectivity index (χ1v) is 17.9. The molecule has 3 aliphatic rings. The van der Waals surface area contributed by atoms with E-state index in [-0.39, 0.29) is 29.8 Å². The minimum Gasteiger partial charge on any atom is -0.352 e. The van der Waals surface area contributed by atoms with Crippen LogP contribution in [0.5, 0.6) is 0 Å². The van der Waals surface area contributed by atoms with E-state index in [9.17, 15) is 9.59 Å². The molecule has 10 heteroatoms. The van der Waals surface area contributed by atoms with Gasteiger partial charge in [-0.25, -0.2) is 4.99 Å². The molecule has 1 atom stereocenters. The summed E-state index contributed by atoms with van der Waals surface area (Å²) in [5.41, 5.74) is 2.66. The Morgan fingerprint density at radius 3 is 2.27 bits per heavy atom. The van der Waals surface area contributed by atoms with Gasteiger partial charge in [0.2, 0.25) is 0 Å². The van der Waals surface area contributed by atoms with Crippen LogP contribution in [0.4, 0.5) is 0 Å². The Morgan fingerprint density at radius 2 is 1.67 bits per heavy atom. The Labute approximate surface area is 285 Å². The van der Waals surface area contributed by atoms with Gasteiger partial charge in [-0.3, -0.25) is 9.59 Å². The third-order valence-corrected chi connectivity index (χ3v) is 10.9. The number of nitrogens with one attached hydrogen (secondary N) is 2. The van der Waals surface area contributed by atoms with Crippen LogP contribution in [0.2, 0.25) is 0 Å². The number of aliphatic imine (C=N–C) groups is 1. The molecule has 1 aromatic heterocycles. The van der Waals surface area contributed by atoms with Crippen molar-refractivity contribution < 1.29 is 9.59 Å². The average Bonchev–Trinajstić information content (AvgIpc) is 3.71. The smallest absolute Gasteiger partial charge is 0.291 e. The van der Waals surface area contributed by atoms with Gasteiger partial charge >= 0.3 is 0 Å². The number of aromatic nitrogens is 4. The highest BCUT2D eigenvalue weighted by Crippen LogP contribution is 2.50. The first-order valence-electron chi connectivity index (χ1n) is 17.9. The lowest BCUT2D eigenvalue weighted by atomic mass is 9.69. The maximum Gasteiger partial charge on any atom is 0.291 e. The second-order valence-corrected chi connectivity index (χ2v) is 15.5. The lowest BCUT2D eigenvalue weighted by molar-refractivity contribution is -0.134. The number of rotatable bonds is 9. The lowest BCUT2D eigenvalue weighted by Crippen LogP contribution is -2.52. The van der Waals surface area contributed by atoms with Gasteiger partial charge in [-0.1, -0.05) is 82.3 Å². The fraction of sp³-hybridized carbons (Fsp3) is 0.579. The lowest BCUT2D eigenvalue weighted by Gasteiger charge is -2.47. The highest BCUT2D eigenvalue weighted by molar-refractivity contribution is 6.39. The summed E-state index contributed by atoms with van der Waals surface area (Å²) in [6.45, 7) is 13.4. The Morgan fingerprint density at radius 1 is 0.979 bits per heavy atom. The predicted octanol–water partition coefficient (Wildman–Crippen LogP) is 6.66. The summed E-state index contributed by atoms with van der Waals surface area (Å²) in [4.78, 5) is 37.7. The van der Waals surface area contributed by atoms with E-state index in [1.165, 1.54) is 5.56 Å². The van der Waals surface area contributed by atoms with Crippen molar-refractivity contribution in [1.82, 2.24) is 35.7 Å². The second kappa shape index (κ2) is 14.2. The summed E-state index contributed by atoms with van der Waals surface area (Å²) in [5.74, 6) is 2.54. The molecule has 2 N–H and O–H groups in total. The van der Waals surface area contributed by atoms with E-state index in [0.29, 0.717) is 35.0 Å². The zero-order valence-corrected chi connectivity index (χ0v) is 29.3. The fourth-order valence-electron chi connectivity index (χ4n) is 7.99. The summed E-state index contributed by atoms with van der Waals surface area (Å²) in [6.07, 6.45) is 7.72. The van der Waals surface area contributed by atoms with E-state index in [1.807, 2.05) is 24.3 Å².